The van der Waals surface area contributed by atoms with Crippen LogP contribution in [0.15, 0.2) is 36.4 Å². The summed E-state index contributed by atoms with van der Waals surface area (Å²) < 4.78 is 46.1. The summed E-state index contributed by atoms with van der Waals surface area (Å²) in [5, 5.41) is 22.3. The van der Waals surface area contributed by atoms with Crippen molar-refractivity contribution in [3.63, 3.8) is 0 Å². The van der Waals surface area contributed by atoms with Crippen LogP contribution in [0, 0.1) is 0 Å². The van der Waals surface area contributed by atoms with Crippen LogP contribution in [0.3, 0.4) is 0 Å². The highest BCUT2D eigenvalue weighted by Crippen LogP contribution is 2.33. The molecule has 1 saturated heterocycles. The Morgan fingerprint density at radius 3 is 1.89 bits per heavy atom. The molecule has 35 heavy (non-hydrogen) atoms. The Morgan fingerprint density at radius 2 is 1.34 bits per heavy atom. The summed E-state index contributed by atoms with van der Waals surface area (Å²) in [7, 11) is 1.47. The minimum atomic E-state index is -1.09. The first kappa shape index (κ1) is 26.1. The van der Waals surface area contributed by atoms with Gasteiger partial charge in [0.1, 0.15) is 37.6 Å². The van der Waals surface area contributed by atoms with Gasteiger partial charge in [-0.15, -0.1) is 0 Å². The van der Waals surface area contributed by atoms with E-state index in [1.807, 2.05) is 36.4 Å². The van der Waals surface area contributed by atoms with E-state index in [4.69, 9.17) is 37.9 Å². The van der Waals surface area contributed by atoms with Crippen LogP contribution in [-0.4, -0.2) is 107 Å². The van der Waals surface area contributed by atoms with Crippen LogP contribution in [0.25, 0.3) is 10.8 Å². The first-order chi connectivity index (χ1) is 17.2. The number of aliphatic hydroxyl groups excluding tert-OH is 2. The van der Waals surface area contributed by atoms with Gasteiger partial charge in [-0.2, -0.15) is 0 Å². The molecule has 0 aromatic heterocycles. The number of fused-ring (bicyclic) bond motifs is 3. The van der Waals surface area contributed by atoms with Gasteiger partial charge in [-0.25, -0.2) is 0 Å². The molecular formula is C25H34O10. The molecular weight excluding hydrogens is 460 g/mol. The Kier molecular flexibility index (Phi) is 9.93. The van der Waals surface area contributed by atoms with E-state index in [0.717, 1.165) is 10.8 Å². The van der Waals surface area contributed by atoms with E-state index in [-0.39, 0.29) is 26.4 Å². The quantitative estimate of drug-likeness (QED) is 0.630. The average Bonchev–Trinajstić information content (AvgIpc) is 2.88. The topological polar surface area (TPSA) is 114 Å². The zero-order valence-electron chi connectivity index (χ0n) is 19.9. The molecule has 5 atom stereocenters. The molecule has 1 fully saturated rings. The van der Waals surface area contributed by atoms with E-state index < -0.39 is 30.7 Å². The molecule has 194 valence electrons. The third-order valence-corrected chi connectivity index (χ3v) is 5.89. The first-order valence-corrected chi connectivity index (χ1v) is 11.9. The molecule has 4 rings (SSSR count). The molecule has 0 radical (unpaired) electrons. The van der Waals surface area contributed by atoms with Crippen molar-refractivity contribution < 1.29 is 48.1 Å². The Morgan fingerprint density at radius 1 is 0.800 bits per heavy atom. The lowest BCUT2D eigenvalue weighted by atomic mass is 9.98. The molecule has 2 aliphatic heterocycles. The number of hydrogen-bond acceptors (Lipinski definition) is 10. The van der Waals surface area contributed by atoms with Crippen molar-refractivity contribution in [1.82, 2.24) is 0 Å². The number of hydrogen-bond donors (Lipinski definition) is 2. The van der Waals surface area contributed by atoms with Crippen molar-refractivity contribution in [2.24, 2.45) is 0 Å². The molecule has 0 unspecified atom stereocenters. The average molecular weight is 495 g/mol. The molecule has 0 aliphatic carbocycles. The molecule has 10 heteroatoms. The maximum absolute atomic E-state index is 10.6. The van der Waals surface area contributed by atoms with Crippen molar-refractivity contribution >= 4 is 10.8 Å². The van der Waals surface area contributed by atoms with E-state index in [0.29, 0.717) is 44.5 Å². The summed E-state index contributed by atoms with van der Waals surface area (Å²) >= 11 is 0. The third kappa shape index (κ3) is 6.81. The maximum Gasteiger partial charge on any atom is 0.186 e. The van der Waals surface area contributed by atoms with Crippen LogP contribution in [0.2, 0.25) is 0 Å². The van der Waals surface area contributed by atoms with Crippen molar-refractivity contribution in [3.8, 4) is 11.5 Å². The smallest absolute Gasteiger partial charge is 0.186 e. The summed E-state index contributed by atoms with van der Waals surface area (Å²) in [6.07, 6.45) is -4.23. The fourth-order valence-corrected chi connectivity index (χ4v) is 4.13. The summed E-state index contributed by atoms with van der Waals surface area (Å²) in [6.45, 7) is 2.00. The summed E-state index contributed by atoms with van der Waals surface area (Å²) in [5.41, 5.74) is 0. The number of ether oxygens (including phenoxy) is 8. The Balaban J connectivity index is 1.41. The molecule has 2 aromatic carbocycles. The van der Waals surface area contributed by atoms with Gasteiger partial charge in [0.05, 0.1) is 46.2 Å². The zero-order chi connectivity index (χ0) is 24.5. The Labute approximate surface area is 204 Å². The van der Waals surface area contributed by atoms with Crippen LogP contribution in [0.1, 0.15) is 0 Å². The fourth-order valence-electron chi connectivity index (χ4n) is 4.13. The predicted molar refractivity (Wildman–Crippen MR) is 125 cm³/mol. The van der Waals surface area contributed by atoms with Crippen LogP contribution >= 0.6 is 0 Å². The first-order valence-electron chi connectivity index (χ1n) is 11.9. The van der Waals surface area contributed by atoms with Gasteiger partial charge in [0.2, 0.25) is 0 Å². The number of rotatable bonds is 2. The largest absolute Gasteiger partial charge is 0.487 e. The van der Waals surface area contributed by atoms with Gasteiger partial charge in [0, 0.05) is 7.11 Å². The second-order valence-electron chi connectivity index (χ2n) is 8.19. The van der Waals surface area contributed by atoms with Crippen molar-refractivity contribution in [2.75, 3.05) is 66.6 Å². The summed E-state index contributed by atoms with van der Waals surface area (Å²) in [4.78, 5) is 0. The molecule has 2 heterocycles. The lowest BCUT2D eigenvalue weighted by molar-refractivity contribution is -0.312. The van der Waals surface area contributed by atoms with E-state index in [2.05, 4.69) is 0 Å². The van der Waals surface area contributed by atoms with Crippen LogP contribution in [0.5, 0.6) is 11.5 Å². The van der Waals surface area contributed by atoms with E-state index >= 15 is 0 Å². The highest BCUT2D eigenvalue weighted by atomic mass is 16.7. The second kappa shape index (κ2) is 13.3. The SMILES string of the molecule is CO[C@H]1O[C@H](CO)[C@H](O)[C@@H]2OCCOCCOc3cc4ccccc4cc3OCCOCCO[C@H]12. The maximum atomic E-state index is 10.6. The molecule has 0 saturated carbocycles. The second-order valence-corrected chi connectivity index (χ2v) is 8.19. The zero-order valence-corrected chi connectivity index (χ0v) is 19.9. The van der Waals surface area contributed by atoms with Gasteiger partial charge in [-0.1, -0.05) is 24.3 Å². The van der Waals surface area contributed by atoms with Gasteiger partial charge in [0.25, 0.3) is 0 Å². The Bertz CT molecular complexity index is 909. The molecule has 2 N–H and O–H groups in total. The van der Waals surface area contributed by atoms with Gasteiger partial charge >= 0.3 is 0 Å². The van der Waals surface area contributed by atoms with E-state index in [1.54, 1.807) is 0 Å². The Hall–Kier alpha value is -2.02. The molecule has 0 amide bonds. The number of methoxy groups -OCH3 is 1. The van der Waals surface area contributed by atoms with Crippen LogP contribution in [-0.2, 0) is 28.4 Å². The van der Waals surface area contributed by atoms with Gasteiger partial charge in [-0.05, 0) is 22.9 Å². The predicted octanol–water partition coefficient (Wildman–Crippen LogP) is 1.14. The number of aliphatic hydroxyl groups is 2. The molecule has 0 bridgehead atoms. The van der Waals surface area contributed by atoms with E-state index in [9.17, 15) is 10.2 Å². The lowest BCUT2D eigenvalue weighted by Gasteiger charge is -2.43. The van der Waals surface area contributed by atoms with Crippen LogP contribution < -0.4 is 9.47 Å². The normalized spacial score (nSPS) is 29.6. The van der Waals surface area contributed by atoms with Gasteiger partial charge in [-0.3, -0.25) is 0 Å². The van der Waals surface area contributed by atoms with Crippen molar-refractivity contribution in [3.05, 3.63) is 36.4 Å². The van der Waals surface area contributed by atoms with E-state index in [1.165, 1.54) is 7.11 Å². The fraction of sp³-hybridized carbons (Fsp3) is 0.600. The molecule has 2 aliphatic rings. The highest BCUT2D eigenvalue weighted by Gasteiger charge is 2.46. The van der Waals surface area contributed by atoms with Crippen LogP contribution in [0.4, 0.5) is 0 Å². The third-order valence-electron chi connectivity index (χ3n) is 5.89. The van der Waals surface area contributed by atoms with Gasteiger partial charge < -0.3 is 48.1 Å². The number of benzene rings is 2. The summed E-state index contributed by atoms with van der Waals surface area (Å²) in [5.74, 6) is 1.28. The summed E-state index contributed by atoms with van der Waals surface area (Å²) in [6, 6.07) is 11.9. The van der Waals surface area contributed by atoms with Gasteiger partial charge in [0.15, 0.2) is 17.8 Å². The minimum Gasteiger partial charge on any atom is -0.487 e. The molecule has 10 nitrogen and oxygen atoms in total. The highest BCUT2D eigenvalue weighted by molar-refractivity contribution is 5.86. The van der Waals surface area contributed by atoms with Crippen molar-refractivity contribution in [2.45, 2.75) is 30.7 Å². The minimum absolute atomic E-state index is 0.205. The monoisotopic (exact) mass is 494 g/mol. The molecule has 0 spiro atoms. The molecule has 2 aromatic rings. The lowest BCUT2D eigenvalue weighted by Crippen LogP contribution is -2.61. The standard InChI is InChI=1S/C25H34O10/c1-28-25-24-23(22(27)21(16-26)35-25)33-12-8-29-6-10-31-19-14-17-4-2-3-5-18(17)15-20(19)32-11-7-30-9-13-34-24/h2-5,14-15,21-27H,6-13,16H2,1H3/t21-,22+,23+,24+,25+/m1/s1. The van der Waals surface area contributed by atoms with Crippen molar-refractivity contribution in [1.29, 1.82) is 0 Å².